The van der Waals surface area contributed by atoms with Gasteiger partial charge in [0.15, 0.2) is 0 Å². The van der Waals surface area contributed by atoms with Crippen LogP contribution in [-0.4, -0.2) is 25.6 Å². The monoisotopic (exact) mass is 290 g/mol. The van der Waals surface area contributed by atoms with E-state index in [9.17, 15) is 13.2 Å². The highest BCUT2D eigenvalue weighted by molar-refractivity contribution is 7.89. The van der Waals surface area contributed by atoms with Gasteiger partial charge >= 0.3 is 0 Å². The minimum absolute atomic E-state index is 0.202. The molecule has 0 aliphatic carbocycles. The largest absolute Gasteiger partial charge is 0.268 e. The topological polar surface area (TPSA) is 76.1 Å². The number of amides is 1. The fraction of sp³-hybridized carbons (Fsp3) is 0.143. The summed E-state index contributed by atoms with van der Waals surface area (Å²) in [7, 11) is -3.58. The highest BCUT2D eigenvalue weighted by Gasteiger charge is 2.12. The van der Waals surface area contributed by atoms with Crippen molar-refractivity contribution in [2.24, 2.45) is 0 Å². The number of pyridine rings is 1. The SMILES string of the molecule is Cc1ccc(-c2cncc(C(=O)NS(C)(=O)=O)c2)cc1. The van der Waals surface area contributed by atoms with Crippen molar-refractivity contribution in [3.05, 3.63) is 53.9 Å². The van der Waals surface area contributed by atoms with Gasteiger partial charge in [0, 0.05) is 18.0 Å². The number of hydrogen-bond donors (Lipinski definition) is 1. The quantitative estimate of drug-likeness (QED) is 0.934. The second kappa shape index (κ2) is 5.42. The van der Waals surface area contributed by atoms with Crippen LogP contribution in [-0.2, 0) is 10.0 Å². The maximum atomic E-state index is 11.8. The number of carbonyl (C=O) groups is 1. The minimum atomic E-state index is -3.58. The molecular formula is C14H14N2O3S. The summed E-state index contributed by atoms with van der Waals surface area (Å²) in [6.07, 6.45) is 3.89. The molecule has 6 heteroatoms. The number of sulfonamides is 1. The summed E-state index contributed by atoms with van der Waals surface area (Å²) in [6, 6.07) is 9.37. The van der Waals surface area contributed by atoms with Crippen LogP contribution in [0.2, 0.25) is 0 Å². The average molecular weight is 290 g/mol. The highest BCUT2D eigenvalue weighted by atomic mass is 32.2. The molecule has 0 atom stereocenters. The second-order valence-corrected chi connectivity index (χ2v) is 6.28. The Morgan fingerprint density at radius 1 is 1.10 bits per heavy atom. The zero-order valence-electron chi connectivity index (χ0n) is 11.1. The van der Waals surface area contributed by atoms with Crippen molar-refractivity contribution in [2.75, 3.05) is 6.26 Å². The number of carbonyl (C=O) groups excluding carboxylic acids is 1. The van der Waals surface area contributed by atoms with Crippen molar-refractivity contribution in [3.8, 4) is 11.1 Å². The molecule has 1 aromatic carbocycles. The van der Waals surface area contributed by atoms with Gasteiger partial charge in [-0.25, -0.2) is 13.1 Å². The Kier molecular flexibility index (Phi) is 3.85. The first-order valence-corrected chi connectivity index (χ1v) is 7.78. The van der Waals surface area contributed by atoms with Crippen molar-refractivity contribution < 1.29 is 13.2 Å². The van der Waals surface area contributed by atoms with Crippen LogP contribution < -0.4 is 4.72 Å². The molecular weight excluding hydrogens is 276 g/mol. The third kappa shape index (κ3) is 3.64. The summed E-state index contributed by atoms with van der Waals surface area (Å²) < 4.78 is 24.0. The van der Waals surface area contributed by atoms with E-state index >= 15 is 0 Å². The Bertz CT molecular complexity index is 737. The number of nitrogens with zero attached hydrogens (tertiary/aromatic N) is 1. The minimum Gasteiger partial charge on any atom is -0.268 e. The van der Waals surface area contributed by atoms with Gasteiger partial charge in [-0.05, 0) is 18.6 Å². The maximum Gasteiger partial charge on any atom is 0.266 e. The molecule has 0 fully saturated rings. The molecule has 0 unspecified atom stereocenters. The van der Waals surface area contributed by atoms with Crippen LogP contribution in [0.5, 0.6) is 0 Å². The normalized spacial score (nSPS) is 11.1. The number of hydrogen-bond acceptors (Lipinski definition) is 4. The van der Waals surface area contributed by atoms with Crippen LogP contribution in [0.3, 0.4) is 0 Å². The lowest BCUT2D eigenvalue weighted by Gasteiger charge is -2.05. The molecule has 1 heterocycles. The van der Waals surface area contributed by atoms with Crippen molar-refractivity contribution >= 4 is 15.9 Å². The standard InChI is InChI=1S/C14H14N2O3S/c1-10-3-5-11(6-4-10)12-7-13(9-15-8-12)14(17)16-20(2,18)19/h3-9H,1-2H3,(H,16,17). The summed E-state index contributed by atoms with van der Waals surface area (Å²) in [5.41, 5.74) is 3.00. The molecule has 0 radical (unpaired) electrons. The van der Waals surface area contributed by atoms with Gasteiger partial charge in [0.1, 0.15) is 0 Å². The zero-order chi connectivity index (χ0) is 14.8. The zero-order valence-corrected chi connectivity index (χ0v) is 11.9. The Morgan fingerprint density at radius 2 is 1.75 bits per heavy atom. The molecule has 2 rings (SSSR count). The lowest BCUT2D eigenvalue weighted by Crippen LogP contribution is -2.29. The van der Waals surface area contributed by atoms with E-state index in [4.69, 9.17) is 0 Å². The smallest absolute Gasteiger partial charge is 0.266 e. The maximum absolute atomic E-state index is 11.8. The number of aromatic nitrogens is 1. The summed E-state index contributed by atoms with van der Waals surface area (Å²) in [6.45, 7) is 1.98. The molecule has 0 saturated heterocycles. The Labute approximate surface area is 117 Å². The molecule has 0 bridgehead atoms. The van der Waals surface area contributed by atoms with Gasteiger partial charge in [-0.3, -0.25) is 9.78 Å². The van der Waals surface area contributed by atoms with Crippen molar-refractivity contribution in [3.63, 3.8) is 0 Å². The predicted octanol–water partition coefficient (Wildman–Crippen LogP) is 1.75. The molecule has 1 amide bonds. The van der Waals surface area contributed by atoms with Crippen LogP contribution in [0, 0.1) is 6.92 Å². The molecule has 20 heavy (non-hydrogen) atoms. The van der Waals surface area contributed by atoms with Gasteiger partial charge in [-0.2, -0.15) is 0 Å². The summed E-state index contributed by atoms with van der Waals surface area (Å²) in [5, 5.41) is 0. The molecule has 104 valence electrons. The van der Waals surface area contributed by atoms with E-state index < -0.39 is 15.9 Å². The number of rotatable bonds is 3. The fourth-order valence-electron chi connectivity index (χ4n) is 1.70. The summed E-state index contributed by atoms with van der Waals surface area (Å²) in [5.74, 6) is -0.686. The van der Waals surface area contributed by atoms with Gasteiger partial charge in [0.05, 0.1) is 11.8 Å². The van der Waals surface area contributed by atoms with Crippen LogP contribution in [0.15, 0.2) is 42.7 Å². The lowest BCUT2D eigenvalue weighted by atomic mass is 10.0. The Balaban J connectivity index is 2.33. The second-order valence-electron chi connectivity index (χ2n) is 4.53. The van der Waals surface area contributed by atoms with E-state index in [-0.39, 0.29) is 5.56 Å². The Hall–Kier alpha value is -2.21. The van der Waals surface area contributed by atoms with Gasteiger partial charge in [0.2, 0.25) is 10.0 Å². The van der Waals surface area contributed by atoms with E-state index in [2.05, 4.69) is 4.98 Å². The van der Waals surface area contributed by atoms with E-state index in [0.29, 0.717) is 0 Å². The average Bonchev–Trinajstić information content (AvgIpc) is 2.38. The Morgan fingerprint density at radius 3 is 2.35 bits per heavy atom. The molecule has 2 aromatic rings. The predicted molar refractivity (Wildman–Crippen MR) is 76.7 cm³/mol. The van der Waals surface area contributed by atoms with E-state index in [1.54, 1.807) is 12.3 Å². The number of aryl methyl sites for hydroxylation is 1. The van der Waals surface area contributed by atoms with Crippen LogP contribution >= 0.6 is 0 Å². The van der Waals surface area contributed by atoms with Gasteiger partial charge in [0.25, 0.3) is 5.91 Å². The molecule has 0 spiro atoms. The summed E-state index contributed by atoms with van der Waals surface area (Å²) in [4.78, 5) is 15.7. The fourth-order valence-corrected chi connectivity index (χ4v) is 2.15. The molecule has 1 N–H and O–H groups in total. The van der Waals surface area contributed by atoms with E-state index in [1.807, 2.05) is 35.9 Å². The van der Waals surface area contributed by atoms with Crippen molar-refractivity contribution in [1.29, 1.82) is 0 Å². The molecule has 0 aliphatic rings. The number of nitrogens with one attached hydrogen (secondary N) is 1. The first kappa shape index (κ1) is 14.2. The van der Waals surface area contributed by atoms with Crippen molar-refractivity contribution in [2.45, 2.75) is 6.92 Å². The van der Waals surface area contributed by atoms with E-state index in [1.165, 1.54) is 6.20 Å². The summed E-state index contributed by atoms with van der Waals surface area (Å²) >= 11 is 0. The number of benzene rings is 1. The first-order chi connectivity index (χ1) is 9.35. The van der Waals surface area contributed by atoms with Crippen LogP contribution in [0.4, 0.5) is 0 Å². The van der Waals surface area contributed by atoms with Crippen molar-refractivity contribution in [1.82, 2.24) is 9.71 Å². The lowest BCUT2D eigenvalue weighted by molar-refractivity contribution is 0.0981. The molecule has 1 aromatic heterocycles. The van der Waals surface area contributed by atoms with Gasteiger partial charge in [-0.15, -0.1) is 0 Å². The van der Waals surface area contributed by atoms with Gasteiger partial charge in [-0.1, -0.05) is 29.8 Å². The third-order valence-corrected chi connectivity index (χ3v) is 3.22. The third-order valence-electron chi connectivity index (χ3n) is 2.66. The van der Waals surface area contributed by atoms with Crippen LogP contribution in [0.25, 0.3) is 11.1 Å². The molecule has 0 saturated carbocycles. The van der Waals surface area contributed by atoms with Crippen LogP contribution in [0.1, 0.15) is 15.9 Å². The van der Waals surface area contributed by atoms with Gasteiger partial charge < -0.3 is 0 Å². The highest BCUT2D eigenvalue weighted by Crippen LogP contribution is 2.19. The molecule has 5 nitrogen and oxygen atoms in total. The van der Waals surface area contributed by atoms with E-state index in [0.717, 1.165) is 22.9 Å². The molecule has 0 aliphatic heterocycles. The first-order valence-electron chi connectivity index (χ1n) is 5.89.